The Morgan fingerprint density at radius 2 is 2.35 bits per heavy atom. The van der Waals surface area contributed by atoms with Crippen molar-refractivity contribution in [2.24, 2.45) is 0 Å². The highest BCUT2D eigenvalue weighted by Crippen LogP contribution is 2.18. The molecule has 0 aliphatic carbocycles. The van der Waals surface area contributed by atoms with Crippen molar-refractivity contribution < 1.29 is 9.84 Å². The second kappa shape index (κ2) is 5.72. The van der Waals surface area contributed by atoms with Crippen molar-refractivity contribution in [3.8, 4) is 11.9 Å². The summed E-state index contributed by atoms with van der Waals surface area (Å²) in [7, 11) is 0. The molecule has 0 spiro atoms. The Balaban J connectivity index is 2.21. The number of allylic oxidation sites excluding steroid dienone is 2. The summed E-state index contributed by atoms with van der Waals surface area (Å²) in [4.78, 5) is 11.6. The molecule has 0 saturated carbocycles. The van der Waals surface area contributed by atoms with Gasteiger partial charge in [-0.2, -0.15) is 5.26 Å². The van der Waals surface area contributed by atoms with Gasteiger partial charge in [-0.05, 0) is 20.3 Å². The molecule has 2 heterocycles. The molecular weight excluding hydrogens is 256 g/mol. The summed E-state index contributed by atoms with van der Waals surface area (Å²) < 4.78 is 5.42. The SMILES string of the molecule is CC(C)(O)COc1cnc2[nH]cc(C/C=C\C#N)c2n1. The molecule has 0 aromatic carbocycles. The van der Waals surface area contributed by atoms with Crippen LogP contribution in [-0.2, 0) is 6.42 Å². The van der Waals surface area contributed by atoms with Gasteiger partial charge in [0, 0.05) is 17.8 Å². The Morgan fingerprint density at radius 1 is 1.55 bits per heavy atom. The molecule has 20 heavy (non-hydrogen) atoms. The lowest BCUT2D eigenvalue weighted by molar-refractivity contribution is 0.0268. The lowest BCUT2D eigenvalue weighted by atomic mass is 10.2. The van der Waals surface area contributed by atoms with Crippen LogP contribution >= 0.6 is 0 Å². The van der Waals surface area contributed by atoms with E-state index in [0.29, 0.717) is 23.5 Å². The largest absolute Gasteiger partial charge is 0.474 e. The maximum Gasteiger partial charge on any atom is 0.233 e. The van der Waals surface area contributed by atoms with Gasteiger partial charge in [0.25, 0.3) is 0 Å². The summed E-state index contributed by atoms with van der Waals surface area (Å²) in [5.41, 5.74) is 1.39. The summed E-state index contributed by atoms with van der Waals surface area (Å²) in [6, 6.07) is 1.95. The zero-order valence-corrected chi connectivity index (χ0v) is 11.4. The van der Waals surface area contributed by atoms with Crippen LogP contribution in [0.2, 0.25) is 0 Å². The van der Waals surface area contributed by atoms with E-state index in [4.69, 9.17) is 10.00 Å². The molecule has 0 fully saturated rings. The molecule has 0 radical (unpaired) electrons. The first-order valence-electron chi connectivity index (χ1n) is 6.22. The summed E-state index contributed by atoms with van der Waals surface area (Å²) >= 11 is 0. The first kappa shape index (κ1) is 14.0. The molecule has 2 aromatic heterocycles. The minimum Gasteiger partial charge on any atom is -0.474 e. The van der Waals surface area contributed by atoms with Crippen LogP contribution in [0.4, 0.5) is 0 Å². The molecule has 104 valence electrons. The average Bonchev–Trinajstić information content (AvgIpc) is 2.79. The van der Waals surface area contributed by atoms with Gasteiger partial charge in [0.1, 0.15) is 12.1 Å². The molecule has 0 aliphatic heterocycles. The highest BCUT2D eigenvalue weighted by Gasteiger charge is 2.14. The number of nitrogens with one attached hydrogen (secondary N) is 1. The number of aromatic nitrogens is 3. The number of hydrogen-bond donors (Lipinski definition) is 2. The van der Waals surface area contributed by atoms with Crippen LogP contribution in [0.3, 0.4) is 0 Å². The van der Waals surface area contributed by atoms with Crippen molar-refractivity contribution in [3.63, 3.8) is 0 Å². The quantitative estimate of drug-likeness (QED) is 0.808. The zero-order chi connectivity index (χ0) is 14.6. The number of ether oxygens (including phenoxy) is 1. The van der Waals surface area contributed by atoms with Gasteiger partial charge in [-0.25, -0.2) is 9.97 Å². The van der Waals surface area contributed by atoms with E-state index in [0.717, 1.165) is 5.56 Å². The van der Waals surface area contributed by atoms with Crippen LogP contribution in [0.15, 0.2) is 24.5 Å². The minimum atomic E-state index is -0.923. The summed E-state index contributed by atoms with van der Waals surface area (Å²) in [5.74, 6) is 0.365. The van der Waals surface area contributed by atoms with Crippen molar-refractivity contribution in [2.75, 3.05) is 6.61 Å². The normalized spacial score (nSPS) is 11.9. The predicted molar refractivity (Wildman–Crippen MR) is 74.1 cm³/mol. The Labute approximate surface area is 116 Å². The molecule has 0 bridgehead atoms. The van der Waals surface area contributed by atoms with Crippen LogP contribution < -0.4 is 4.74 Å². The Bertz CT molecular complexity index is 662. The third kappa shape index (κ3) is 3.56. The van der Waals surface area contributed by atoms with E-state index in [9.17, 15) is 5.11 Å². The number of nitrogens with zero attached hydrogens (tertiary/aromatic N) is 3. The standard InChI is InChI=1S/C14H16N4O2/c1-14(2,19)9-20-11-8-17-13-12(18-11)10(7-16-13)5-3-4-6-15/h3-4,7-8,19H,5,9H2,1-2H3,(H,16,17)/b4-3-. The average molecular weight is 272 g/mol. The van der Waals surface area contributed by atoms with Crippen molar-refractivity contribution in [1.82, 2.24) is 15.0 Å². The van der Waals surface area contributed by atoms with Gasteiger partial charge in [0.15, 0.2) is 5.65 Å². The number of hydrogen-bond acceptors (Lipinski definition) is 5. The fraction of sp³-hybridized carbons (Fsp3) is 0.357. The third-order valence-electron chi connectivity index (χ3n) is 2.54. The van der Waals surface area contributed by atoms with E-state index in [-0.39, 0.29) is 6.61 Å². The monoisotopic (exact) mass is 272 g/mol. The van der Waals surface area contributed by atoms with E-state index >= 15 is 0 Å². The van der Waals surface area contributed by atoms with E-state index in [1.54, 1.807) is 19.9 Å². The van der Waals surface area contributed by atoms with Crippen molar-refractivity contribution in [2.45, 2.75) is 25.9 Å². The van der Waals surface area contributed by atoms with Crippen molar-refractivity contribution in [1.29, 1.82) is 5.26 Å². The molecule has 2 aromatic rings. The third-order valence-corrected chi connectivity index (χ3v) is 2.54. The maximum absolute atomic E-state index is 9.63. The van der Waals surface area contributed by atoms with E-state index in [1.807, 2.05) is 12.3 Å². The van der Waals surface area contributed by atoms with Crippen LogP contribution in [-0.4, -0.2) is 32.3 Å². The van der Waals surface area contributed by atoms with E-state index in [2.05, 4.69) is 15.0 Å². The lowest BCUT2D eigenvalue weighted by Crippen LogP contribution is -2.28. The van der Waals surface area contributed by atoms with Crippen LogP contribution in [0.25, 0.3) is 11.2 Å². The maximum atomic E-state index is 9.63. The van der Waals surface area contributed by atoms with Gasteiger partial charge in [-0.1, -0.05) is 6.08 Å². The van der Waals surface area contributed by atoms with Gasteiger partial charge in [-0.3, -0.25) is 0 Å². The topological polar surface area (TPSA) is 94.8 Å². The fourth-order valence-corrected chi connectivity index (χ4v) is 1.64. The summed E-state index contributed by atoms with van der Waals surface area (Å²) in [6.45, 7) is 3.46. The predicted octanol–water partition coefficient (Wildman–Crippen LogP) is 1.73. The molecule has 0 aliphatic rings. The first-order chi connectivity index (χ1) is 9.49. The molecule has 6 heteroatoms. The number of aromatic amines is 1. The number of nitriles is 1. The number of fused-ring (bicyclic) bond motifs is 1. The van der Waals surface area contributed by atoms with E-state index < -0.39 is 5.60 Å². The minimum absolute atomic E-state index is 0.140. The zero-order valence-electron chi connectivity index (χ0n) is 11.4. The Hall–Kier alpha value is -2.39. The number of H-pyrrole nitrogens is 1. The first-order valence-corrected chi connectivity index (χ1v) is 6.22. The Morgan fingerprint density at radius 3 is 3.05 bits per heavy atom. The molecule has 0 atom stereocenters. The van der Waals surface area contributed by atoms with Crippen molar-refractivity contribution in [3.05, 3.63) is 30.1 Å². The van der Waals surface area contributed by atoms with Crippen molar-refractivity contribution >= 4 is 11.2 Å². The Kier molecular flexibility index (Phi) is 4.01. The molecule has 2 N–H and O–H groups in total. The highest BCUT2D eigenvalue weighted by atomic mass is 16.5. The van der Waals surface area contributed by atoms with Gasteiger partial charge in [-0.15, -0.1) is 0 Å². The molecule has 0 amide bonds. The van der Waals surface area contributed by atoms with E-state index in [1.165, 1.54) is 12.3 Å². The second-order valence-electron chi connectivity index (χ2n) is 5.06. The summed E-state index contributed by atoms with van der Waals surface area (Å²) in [6.07, 6.45) is 7.11. The van der Waals surface area contributed by atoms with Gasteiger partial charge in [0.05, 0.1) is 17.9 Å². The highest BCUT2D eigenvalue weighted by molar-refractivity contribution is 5.75. The molecule has 6 nitrogen and oxygen atoms in total. The lowest BCUT2D eigenvalue weighted by Gasteiger charge is -2.16. The van der Waals surface area contributed by atoms with Crippen LogP contribution in [0.1, 0.15) is 19.4 Å². The molecular formula is C14H16N4O2. The van der Waals surface area contributed by atoms with Crippen LogP contribution in [0.5, 0.6) is 5.88 Å². The fourth-order valence-electron chi connectivity index (χ4n) is 1.64. The van der Waals surface area contributed by atoms with Gasteiger partial charge in [0.2, 0.25) is 5.88 Å². The summed E-state index contributed by atoms with van der Waals surface area (Å²) in [5, 5.41) is 18.1. The van der Waals surface area contributed by atoms with Crippen LogP contribution in [0, 0.1) is 11.3 Å². The number of rotatable bonds is 5. The number of aliphatic hydroxyl groups is 1. The molecule has 0 unspecified atom stereocenters. The van der Waals surface area contributed by atoms with Gasteiger partial charge >= 0.3 is 0 Å². The second-order valence-corrected chi connectivity index (χ2v) is 5.06. The van der Waals surface area contributed by atoms with Gasteiger partial charge < -0.3 is 14.8 Å². The molecule has 2 rings (SSSR count). The smallest absolute Gasteiger partial charge is 0.233 e. The molecule has 0 saturated heterocycles.